The molecule has 2 aromatic rings. The number of amides is 2. The summed E-state index contributed by atoms with van der Waals surface area (Å²) in [7, 11) is 0. The lowest BCUT2D eigenvalue weighted by Gasteiger charge is -2.46. The molecule has 1 spiro atoms. The number of aryl methyl sites for hydroxylation is 1. The number of carbonyl (C=O) groups is 2. The van der Waals surface area contributed by atoms with Crippen molar-refractivity contribution in [2.75, 3.05) is 13.1 Å². The number of hydrogen-bond donors (Lipinski definition) is 0. The highest BCUT2D eigenvalue weighted by Gasteiger charge is 2.54. The van der Waals surface area contributed by atoms with Gasteiger partial charge in [0.05, 0.1) is 26.1 Å². The minimum Gasteiger partial charge on any atom is -0.332 e. The lowest BCUT2D eigenvalue weighted by molar-refractivity contribution is -0.233. The fraction of sp³-hybridized carbons (Fsp3) is 0.300. The first-order valence-electron chi connectivity index (χ1n) is 8.45. The van der Waals surface area contributed by atoms with E-state index in [9.17, 15) is 9.59 Å². The van der Waals surface area contributed by atoms with Crippen molar-refractivity contribution in [2.24, 2.45) is 0 Å². The molecule has 0 unspecified atom stereocenters. The number of carbonyl (C=O) groups excluding carboxylic acids is 2. The number of likely N-dealkylation sites (tertiary alicyclic amines) is 1. The summed E-state index contributed by atoms with van der Waals surface area (Å²) >= 11 is 0. The fourth-order valence-electron chi connectivity index (χ4n) is 3.50. The SMILES string of the molecule is Cc1ccccc1C(=O)N1CC2(CC(=O)N(Cc3ccccc3)O2)C1. The maximum absolute atomic E-state index is 12.6. The Morgan fingerprint density at radius 3 is 2.48 bits per heavy atom. The highest BCUT2D eigenvalue weighted by molar-refractivity contribution is 5.96. The van der Waals surface area contributed by atoms with Crippen molar-refractivity contribution in [3.05, 3.63) is 71.3 Å². The van der Waals surface area contributed by atoms with Gasteiger partial charge in [0.25, 0.3) is 5.91 Å². The van der Waals surface area contributed by atoms with Crippen molar-refractivity contribution < 1.29 is 14.4 Å². The summed E-state index contributed by atoms with van der Waals surface area (Å²) in [6.07, 6.45) is 0.331. The molecule has 0 aromatic heterocycles. The van der Waals surface area contributed by atoms with Gasteiger partial charge in [-0.05, 0) is 24.1 Å². The predicted molar refractivity (Wildman–Crippen MR) is 92.5 cm³/mol. The third-order valence-electron chi connectivity index (χ3n) is 4.85. The molecule has 0 N–H and O–H groups in total. The molecule has 2 amide bonds. The first kappa shape index (κ1) is 15.8. The van der Waals surface area contributed by atoms with Crippen LogP contribution in [0.3, 0.4) is 0 Å². The summed E-state index contributed by atoms with van der Waals surface area (Å²) in [5, 5.41) is 1.44. The van der Waals surface area contributed by atoms with Crippen LogP contribution >= 0.6 is 0 Å². The summed E-state index contributed by atoms with van der Waals surface area (Å²) in [5.41, 5.74) is 2.15. The monoisotopic (exact) mass is 336 g/mol. The molecule has 0 bridgehead atoms. The summed E-state index contributed by atoms with van der Waals surface area (Å²) in [6, 6.07) is 17.3. The number of hydroxylamine groups is 2. The molecule has 2 saturated heterocycles. The number of benzene rings is 2. The quantitative estimate of drug-likeness (QED) is 0.865. The summed E-state index contributed by atoms with van der Waals surface area (Å²) in [4.78, 5) is 32.6. The second-order valence-corrected chi connectivity index (χ2v) is 6.84. The van der Waals surface area contributed by atoms with Crippen LogP contribution in [0.5, 0.6) is 0 Å². The summed E-state index contributed by atoms with van der Waals surface area (Å²) in [5.74, 6) is -0.0203. The Balaban J connectivity index is 1.40. The molecule has 0 radical (unpaired) electrons. The summed E-state index contributed by atoms with van der Waals surface area (Å²) in [6.45, 7) is 3.28. The highest BCUT2D eigenvalue weighted by atomic mass is 16.7. The Hall–Kier alpha value is -2.66. The minimum absolute atomic E-state index is 0.00119. The molecule has 5 heteroatoms. The lowest BCUT2D eigenvalue weighted by atomic mass is 9.90. The van der Waals surface area contributed by atoms with Gasteiger partial charge in [0.1, 0.15) is 5.60 Å². The van der Waals surface area contributed by atoms with Crippen molar-refractivity contribution in [3.63, 3.8) is 0 Å². The van der Waals surface area contributed by atoms with Crippen LogP contribution in [-0.2, 0) is 16.2 Å². The van der Waals surface area contributed by atoms with Crippen LogP contribution < -0.4 is 0 Å². The largest absolute Gasteiger partial charge is 0.332 e. The second kappa shape index (κ2) is 6.01. The van der Waals surface area contributed by atoms with Gasteiger partial charge in [0, 0.05) is 5.56 Å². The fourth-order valence-corrected chi connectivity index (χ4v) is 3.50. The van der Waals surface area contributed by atoms with Crippen LogP contribution in [0.15, 0.2) is 54.6 Å². The molecule has 0 saturated carbocycles. The van der Waals surface area contributed by atoms with Crippen LogP contribution in [0.25, 0.3) is 0 Å². The highest BCUT2D eigenvalue weighted by Crippen LogP contribution is 2.37. The van der Waals surface area contributed by atoms with Crippen LogP contribution in [0.2, 0.25) is 0 Å². The van der Waals surface area contributed by atoms with E-state index in [2.05, 4.69) is 0 Å². The van der Waals surface area contributed by atoms with Crippen LogP contribution in [0, 0.1) is 6.92 Å². The van der Waals surface area contributed by atoms with E-state index in [1.54, 1.807) is 4.90 Å². The van der Waals surface area contributed by atoms with Gasteiger partial charge >= 0.3 is 0 Å². The third-order valence-corrected chi connectivity index (χ3v) is 4.85. The van der Waals surface area contributed by atoms with E-state index in [0.29, 0.717) is 31.6 Å². The van der Waals surface area contributed by atoms with Gasteiger partial charge in [-0.2, -0.15) is 0 Å². The predicted octanol–water partition coefficient (Wildman–Crippen LogP) is 2.55. The molecule has 2 aliphatic rings. The zero-order valence-electron chi connectivity index (χ0n) is 14.1. The van der Waals surface area contributed by atoms with Crippen molar-refractivity contribution in [3.8, 4) is 0 Å². The topological polar surface area (TPSA) is 49.9 Å². The van der Waals surface area contributed by atoms with Crippen molar-refractivity contribution >= 4 is 11.8 Å². The van der Waals surface area contributed by atoms with E-state index in [1.807, 2.05) is 61.5 Å². The Kier molecular flexibility index (Phi) is 3.81. The zero-order chi connectivity index (χ0) is 17.4. The normalized spacial score (nSPS) is 18.5. The van der Waals surface area contributed by atoms with Gasteiger partial charge in [0.2, 0.25) is 5.91 Å². The molecule has 0 aliphatic carbocycles. The van der Waals surface area contributed by atoms with E-state index in [-0.39, 0.29) is 11.8 Å². The van der Waals surface area contributed by atoms with Gasteiger partial charge in [-0.25, -0.2) is 5.06 Å². The van der Waals surface area contributed by atoms with Gasteiger partial charge in [-0.3, -0.25) is 14.4 Å². The van der Waals surface area contributed by atoms with Crippen molar-refractivity contribution in [1.29, 1.82) is 0 Å². The van der Waals surface area contributed by atoms with Gasteiger partial charge in [-0.1, -0.05) is 48.5 Å². The Morgan fingerprint density at radius 1 is 1.08 bits per heavy atom. The molecule has 128 valence electrons. The number of rotatable bonds is 3. The molecular weight excluding hydrogens is 316 g/mol. The molecule has 2 aliphatic heterocycles. The second-order valence-electron chi connectivity index (χ2n) is 6.84. The molecule has 25 heavy (non-hydrogen) atoms. The standard InChI is InChI=1S/C20H20N2O3/c1-15-7-5-6-10-17(15)19(24)21-13-20(14-21)11-18(23)22(25-20)12-16-8-3-2-4-9-16/h2-10H,11-14H2,1H3. The van der Waals surface area contributed by atoms with Crippen LogP contribution in [0.1, 0.15) is 27.9 Å². The van der Waals surface area contributed by atoms with Gasteiger partial charge < -0.3 is 4.90 Å². The molecule has 0 atom stereocenters. The van der Waals surface area contributed by atoms with Crippen LogP contribution in [-0.4, -0.2) is 40.5 Å². The number of nitrogens with zero attached hydrogens (tertiary/aromatic N) is 2. The molecular formula is C20H20N2O3. The smallest absolute Gasteiger partial charge is 0.254 e. The van der Waals surface area contributed by atoms with E-state index >= 15 is 0 Å². The molecule has 2 heterocycles. The molecule has 2 aromatic carbocycles. The first-order chi connectivity index (χ1) is 12.1. The average Bonchev–Trinajstić information content (AvgIpc) is 2.91. The Labute approximate surface area is 146 Å². The van der Waals surface area contributed by atoms with E-state index in [1.165, 1.54) is 5.06 Å². The van der Waals surface area contributed by atoms with Gasteiger partial charge in [-0.15, -0.1) is 0 Å². The summed E-state index contributed by atoms with van der Waals surface area (Å²) < 4.78 is 0. The van der Waals surface area contributed by atoms with Gasteiger partial charge in [0.15, 0.2) is 0 Å². The zero-order valence-corrected chi connectivity index (χ0v) is 14.1. The Morgan fingerprint density at radius 2 is 1.76 bits per heavy atom. The maximum Gasteiger partial charge on any atom is 0.254 e. The minimum atomic E-state index is -0.551. The molecule has 4 rings (SSSR count). The van der Waals surface area contributed by atoms with E-state index in [4.69, 9.17) is 4.84 Å². The van der Waals surface area contributed by atoms with E-state index in [0.717, 1.165) is 11.1 Å². The first-order valence-corrected chi connectivity index (χ1v) is 8.45. The van der Waals surface area contributed by atoms with Crippen LogP contribution in [0.4, 0.5) is 0 Å². The Bertz CT molecular complexity index is 813. The third kappa shape index (κ3) is 2.91. The molecule has 5 nitrogen and oxygen atoms in total. The van der Waals surface area contributed by atoms with E-state index < -0.39 is 5.60 Å². The maximum atomic E-state index is 12.6. The average molecular weight is 336 g/mol. The molecule has 2 fully saturated rings. The lowest BCUT2D eigenvalue weighted by Crippen LogP contribution is -2.63. The van der Waals surface area contributed by atoms with Crippen molar-refractivity contribution in [2.45, 2.75) is 25.5 Å². The number of hydrogen-bond acceptors (Lipinski definition) is 3. The van der Waals surface area contributed by atoms with Crippen molar-refractivity contribution in [1.82, 2.24) is 9.96 Å².